The highest BCUT2D eigenvalue weighted by Crippen LogP contribution is 2.25. The molecule has 0 amide bonds. The Morgan fingerprint density at radius 2 is 2.00 bits per heavy atom. The number of pyridine rings is 1. The van der Waals surface area contributed by atoms with Crippen molar-refractivity contribution in [3.63, 3.8) is 0 Å². The van der Waals surface area contributed by atoms with Gasteiger partial charge in [0.25, 0.3) is 0 Å². The Morgan fingerprint density at radius 3 is 2.74 bits per heavy atom. The molecule has 0 aliphatic carbocycles. The lowest BCUT2D eigenvalue weighted by atomic mass is 10.1. The number of hydrogen-bond acceptors (Lipinski definition) is 2. The fourth-order valence-corrected chi connectivity index (χ4v) is 2.22. The largest absolute Gasteiger partial charge is 0.262 e. The van der Waals surface area contributed by atoms with Crippen LogP contribution in [0.5, 0.6) is 0 Å². The van der Waals surface area contributed by atoms with Gasteiger partial charge in [0, 0.05) is 16.8 Å². The van der Waals surface area contributed by atoms with Gasteiger partial charge in [-0.3, -0.25) is 4.98 Å². The molecule has 0 radical (unpaired) electrons. The van der Waals surface area contributed by atoms with Gasteiger partial charge in [0.1, 0.15) is 0 Å². The number of hydrogen-bond donors (Lipinski definition) is 0. The number of benzene rings is 1. The molecule has 94 valence electrons. The molecule has 2 aromatic heterocycles. The topological polar surface area (TPSA) is 30.7 Å². The van der Waals surface area contributed by atoms with Crippen LogP contribution < -0.4 is 0 Å². The van der Waals surface area contributed by atoms with E-state index in [9.17, 15) is 0 Å². The van der Waals surface area contributed by atoms with Crippen LogP contribution in [0.3, 0.4) is 0 Å². The lowest BCUT2D eigenvalue weighted by Crippen LogP contribution is -1.99. The normalized spacial score (nSPS) is 10.6. The summed E-state index contributed by atoms with van der Waals surface area (Å²) in [4.78, 5) is 4.14. The van der Waals surface area contributed by atoms with E-state index in [1.807, 2.05) is 54.1 Å². The summed E-state index contributed by atoms with van der Waals surface area (Å²) < 4.78 is 1.88. The number of rotatable bonds is 2. The Balaban J connectivity index is 2.18. The molecule has 0 N–H and O–H groups in total. The molecular formula is C15H12ClN3. The smallest absolute Gasteiger partial charge is 0.0836 e. The Morgan fingerprint density at radius 1 is 1.11 bits per heavy atom. The van der Waals surface area contributed by atoms with Crippen LogP contribution in [0.15, 0.2) is 54.9 Å². The molecule has 0 spiro atoms. The van der Waals surface area contributed by atoms with Gasteiger partial charge in [-0.25, -0.2) is 4.68 Å². The number of halogens is 1. The lowest BCUT2D eigenvalue weighted by molar-refractivity contribution is 0.863. The van der Waals surface area contributed by atoms with Gasteiger partial charge in [0.2, 0.25) is 0 Å². The van der Waals surface area contributed by atoms with Crippen molar-refractivity contribution in [2.45, 2.75) is 6.92 Å². The zero-order chi connectivity index (χ0) is 13.2. The minimum absolute atomic E-state index is 0.717. The van der Waals surface area contributed by atoms with Crippen molar-refractivity contribution in [2.24, 2.45) is 0 Å². The first-order valence-corrected chi connectivity index (χ1v) is 6.35. The minimum atomic E-state index is 0.717. The number of aryl methyl sites for hydroxylation is 1. The first-order valence-electron chi connectivity index (χ1n) is 5.97. The van der Waals surface area contributed by atoms with Gasteiger partial charge in [0.05, 0.1) is 23.3 Å². The molecule has 0 fully saturated rings. The monoisotopic (exact) mass is 269 g/mol. The highest BCUT2D eigenvalue weighted by atomic mass is 35.5. The van der Waals surface area contributed by atoms with Crippen molar-refractivity contribution in [1.29, 1.82) is 0 Å². The molecule has 3 nitrogen and oxygen atoms in total. The van der Waals surface area contributed by atoms with E-state index in [0.29, 0.717) is 5.02 Å². The summed E-state index contributed by atoms with van der Waals surface area (Å²) in [5, 5.41) is 5.24. The van der Waals surface area contributed by atoms with Crippen LogP contribution >= 0.6 is 11.6 Å². The zero-order valence-corrected chi connectivity index (χ0v) is 11.2. The van der Waals surface area contributed by atoms with Crippen molar-refractivity contribution in [3.05, 3.63) is 65.6 Å². The molecular weight excluding hydrogens is 258 g/mol. The van der Waals surface area contributed by atoms with Crippen LogP contribution in [0.25, 0.3) is 16.9 Å². The van der Waals surface area contributed by atoms with Gasteiger partial charge >= 0.3 is 0 Å². The molecule has 0 bridgehead atoms. The Kier molecular flexibility index (Phi) is 3.05. The second-order valence-electron chi connectivity index (χ2n) is 4.30. The second-order valence-corrected chi connectivity index (χ2v) is 4.74. The maximum absolute atomic E-state index is 6.06. The third-order valence-electron chi connectivity index (χ3n) is 2.84. The zero-order valence-electron chi connectivity index (χ0n) is 10.4. The van der Waals surface area contributed by atoms with Crippen molar-refractivity contribution >= 4 is 11.6 Å². The average molecular weight is 270 g/mol. The number of aromatic nitrogens is 3. The van der Waals surface area contributed by atoms with E-state index in [0.717, 1.165) is 22.6 Å². The Hall–Kier alpha value is -2.13. The maximum Gasteiger partial charge on any atom is 0.0836 e. The molecule has 1 aromatic carbocycles. The van der Waals surface area contributed by atoms with E-state index in [1.165, 1.54) is 0 Å². The summed E-state index contributed by atoms with van der Waals surface area (Å²) in [6.07, 6.45) is 3.54. The molecule has 2 heterocycles. The summed E-state index contributed by atoms with van der Waals surface area (Å²) in [5.74, 6) is 0. The first kappa shape index (κ1) is 11.9. The quantitative estimate of drug-likeness (QED) is 0.706. The van der Waals surface area contributed by atoms with E-state index in [-0.39, 0.29) is 0 Å². The summed E-state index contributed by atoms with van der Waals surface area (Å²) in [6.45, 7) is 1.97. The Labute approximate surface area is 116 Å². The highest BCUT2D eigenvalue weighted by molar-refractivity contribution is 6.30. The Bertz CT molecular complexity index is 704. The van der Waals surface area contributed by atoms with E-state index in [4.69, 9.17) is 11.6 Å². The standard InChI is InChI=1S/C15H12ClN3/c1-11-8-15(12-4-2-5-13(16)9-12)19(18-11)14-6-3-7-17-10-14/h2-10H,1H3. The van der Waals surface area contributed by atoms with E-state index >= 15 is 0 Å². The van der Waals surface area contributed by atoms with Crippen molar-refractivity contribution < 1.29 is 0 Å². The van der Waals surface area contributed by atoms with Crippen LogP contribution in [0, 0.1) is 6.92 Å². The van der Waals surface area contributed by atoms with E-state index in [2.05, 4.69) is 10.1 Å². The summed E-state index contributed by atoms with van der Waals surface area (Å²) in [7, 11) is 0. The molecule has 0 saturated carbocycles. The maximum atomic E-state index is 6.06. The predicted octanol–water partition coefficient (Wildman–Crippen LogP) is 3.90. The molecule has 19 heavy (non-hydrogen) atoms. The van der Waals surface area contributed by atoms with Gasteiger partial charge in [-0.15, -0.1) is 0 Å². The molecule has 4 heteroatoms. The van der Waals surface area contributed by atoms with Gasteiger partial charge in [-0.2, -0.15) is 5.10 Å². The molecule has 0 atom stereocenters. The molecule has 0 unspecified atom stereocenters. The van der Waals surface area contributed by atoms with Crippen molar-refractivity contribution in [2.75, 3.05) is 0 Å². The summed E-state index contributed by atoms with van der Waals surface area (Å²) in [6, 6.07) is 13.7. The minimum Gasteiger partial charge on any atom is -0.262 e. The van der Waals surface area contributed by atoms with E-state index in [1.54, 1.807) is 12.4 Å². The first-order chi connectivity index (χ1) is 9.24. The highest BCUT2D eigenvalue weighted by Gasteiger charge is 2.10. The third kappa shape index (κ3) is 2.37. The lowest BCUT2D eigenvalue weighted by Gasteiger charge is -2.07. The van der Waals surface area contributed by atoms with E-state index < -0.39 is 0 Å². The van der Waals surface area contributed by atoms with Gasteiger partial charge in [0.15, 0.2) is 0 Å². The predicted molar refractivity (Wildman–Crippen MR) is 76.5 cm³/mol. The SMILES string of the molecule is Cc1cc(-c2cccc(Cl)c2)n(-c2cccnc2)n1. The number of nitrogens with zero attached hydrogens (tertiary/aromatic N) is 3. The van der Waals surface area contributed by atoms with Crippen molar-refractivity contribution in [3.8, 4) is 16.9 Å². The molecule has 3 rings (SSSR count). The van der Waals surface area contributed by atoms with Crippen LogP contribution in [-0.4, -0.2) is 14.8 Å². The third-order valence-corrected chi connectivity index (χ3v) is 3.08. The summed E-state index contributed by atoms with van der Waals surface area (Å²) in [5.41, 5.74) is 3.94. The van der Waals surface area contributed by atoms with Gasteiger partial charge in [-0.1, -0.05) is 23.7 Å². The second kappa shape index (κ2) is 4.86. The fraction of sp³-hybridized carbons (Fsp3) is 0.0667. The molecule has 0 aliphatic heterocycles. The average Bonchev–Trinajstić information content (AvgIpc) is 2.82. The van der Waals surface area contributed by atoms with Crippen LogP contribution in [0.2, 0.25) is 5.02 Å². The summed E-state index contributed by atoms with van der Waals surface area (Å²) >= 11 is 6.06. The van der Waals surface area contributed by atoms with Crippen LogP contribution in [0.4, 0.5) is 0 Å². The molecule has 0 aliphatic rings. The van der Waals surface area contributed by atoms with Crippen LogP contribution in [-0.2, 0) is 0 Å². The molecule has 3 aromatic rings. The van der Waals surface area contributed by atoms with Gasteiger partial charge < -0.3 is 0 Å². The fourth-order valence-electron chi connectivity index (χ4n) is 2.03. The molecule has 0 saturated heterocycles. The van der Waals surface area contributed by atoms with Gasteiger partial charge in [-0.05, 0) is 37.3 Å². The van der Waals surface area contributed by atoms with Crippen molar-refractivity contribution in [1.82, 2.24) is 14.8 Å². The van der Waals surface area contributed by atoms with Crippen LogP contribution in [0.1, 0.15) is 5.69 Å².